The quantitative estimate of drug-likeness (QED) is 0.800. The maximum atomic E-state index is 12.4. The molecular weight excluding hydrogens is 252 g/mol. The first-order valence-electron chi connectivity index (χ1n) is 7.24. The summed E-state index contributed by atoms with van der Waals surface area (Å²) in [5.74, 6) is 0.499. The number of nitrogen functional groups attached to an aromatic ring is 1. The number of anilines is 1. The lowest BCUT2D eigenvalue weighted by Gasteiger charge is -2.24. The summed E-state index contributed by atoms with van der Waals surface area (Å²) in [7, 11) is 4.04. The third-order valence-electron chi connectivity index (χ3n) is 3.17. The van der Waals surface area contributed by atoms with Crippen molar-refractivity contribution in [2.75, 3.05) is 26.4 Å². The minimum absolute atomic E-state index is 0.0453. The molecular formula is C15H28N4O. The Kier molecular flexibility index (Phi) is 6.07. The van der Waals surface area contributed by atoms with E-state index < -0.39 is 0 Å². The molecule has 20 heavy (non-hydrogen) atoms. The van der Waals surface area contributed by atoms with Crippen LogP contribution in [0.1, 0.15) is 37.7 Å². The van der Waals surface area contributed by atoms with Crippen LogP contribution in [0, 0.1) is 5.92 Å². The summed E-state index contributed by atoms with van der Waals surface area (Å²) in [4.78, 5) is 14.5. The van der Waals surface area contributed by atoms with Crippen LogP contribution >= 0.6 is 0 Å². The van der Waals surface area contributed by atoms with Gasteiger partial charge in [-0.25, -0.2) is 0 Å². The Morgan fingerprint density at radius 1 is 1.45 bits per heavy atom. The molecule has 0 saturated carbocycles. The van der Waals surface area contributed by atoms with Crippen molar-refractivity contribution in [1.29, 1.82) is 0 Å². The highest BCUT2D eigenvalue weighted by molar-refractivity contribution is 5.94. The number of aromatic nitrogens is 1. The summed E-state index contributed by atoms with van der Waals surface area (Å²) in [5.41, 5.74) is 7.04. The first kappa shape index (κ1) is 16.6. The predicted octanol–water partition coefficient (Wildman–Crippen LogP) is 1.80. The molecule has 0 aliphatic rings. The Balaban J connectivity index is 2.78. The van der Waals surface area contributed by atoms with Crippen molar-refractivity contribution in [3.8, 4) is 0 Å². The average Bonchev–Trinajstić information content (AvgIpc) is 2.68. The minimum Gasteiger partial charge on any atom is -0.397 e. The van der Waals surface area contributed by atoms with E-state index in [1.807, 2.05) is 25.6 Å². The standard InChI is InChI=1S/C15H28N4O/c1-6-19-9-12(16)8-14(19)15(20)17-13(7-11(2)3)10-18(4)5/h8-9,11,13H,6-7,10,16H2,1-5H3,(H,17,20). The lowest BCUT2D eigenvalue weighted by Crippen LogP contribution is -2.43. The second-order valence-corrected chi connectivity index (χ2v) is 6.01. The van der Waals surface area contributed by atoms with Gasteiger partial charge < -0.3 is 20.5 Å². The zero-order chi connectivity index (χ0) is 15.3. The number of hydrogen-bond acceptors (Lipinski definition) is 3. The molecule has 1 amide bonds. The molecule has 0 aliphatic heterocycles. The molecule has 1 heterocycles. The molecule has 0 fully saturated rings. The number of amides is 1. The molecule has 3 N–H and O–H groups in total. The molecule has 114 valence electrons. The lowest BCUT2D eigenvalue weighted by atomic mass is 10.0. The molecule has 0 saturated heterocycles. The van der Waals surface area contributed by atoms with Crippen LogP contribution in [0.25, 0.3) is 0 Å². The van der Waals surface area contributed by atoms with Gasteiger partial charge in [0, 0.05) is 25.3 Å². The number of hydrogen-bond donors (Lipinski definition) is 2. The Hall–Kier alpha value is -1.49. The number of likely N-dealkylation sites (N-methyl/N-ethyl adjacent to an activating group) is 1. The van der Waals surface area contributed by atoms with Gasteiger partial charge in [0.25, 0.3) is 5.91 Å². The van der Waals surface area contributed by atoms with Gasteiger partial charge >= 0.3 is 0 Å². The topological polar surface area (TPSA) is 63.3 Å². The molecule has 1 rings (SSSR count). The Labute approximate surface area is 122 Å². The number of nitrogens with zero attached hydrogens (tertiary/aromatic N) is 2. The molecule has 0 bridgehead atoms. The zero-order valence-corrected chi connectivity index (χ0v) is 13.3. The third kappa shape index (κ3) is 4.89. The van der Waals surface area contributed by atoms with Gasteiger partial charge in [-0.3, -0.25) is 4.79 Å². The Morgan fingerprint density at radius 2 is 2.10 bits per heavy atom. The first-order chi connectivity index (χ1) is 9.33. The lowest BCUT2D eigenvalue weighted by molar-refractivity contribution is 0.0915. The molecule has 0 radical (unpaired) electrons. The number of nitrogens with two attached hydrogens (primary N) is 1. The molecule has 5 nitrogen and oxygen atoms in total. The van der Waals surface area contributed by atoms with Crippen LogP contribution in [-0.4, -0.2) is 42.1 Å². The van der Waals surface area contributed by atoms with Gasteiger partial charge in [0.2, 0.25) is 0 Å². The fourth-order valence-corrected chi connectivity index (χ4v) is 2.43. The first-order valence-corrected chi connectivity index (χ1v) is 7.24. The number of carbonyl (C=O) groups excluding carboxylic acids is 1. The summed E-state index contributed by atoms with van der Waals surface area (Å²) in [5, 5.41) is 3.13. The van der Waals surface area contributed by atoms with E-state index in [1.165, 1.54) is 0 Å². The second kappa shape index (κ2) is 7.33. The van der Waals surface area contributed by atoms with Crippen LogP contribution in [0.15, 0.2) is 12.3 Å². The largest absolute Gasteiger partial charge is 0.397 e. The van der Waals surface area contributed by atoms with Crippen LogP contribution in [0.2, 0.25) is 0 Å². The molecule has 1 unspecified atom stereocenters. The maximum Gasteiger partial charge on any atom is 0.268 e. The highest BCUT2D eigenvalue weighted by atomic mass is 16.2. The molecule has 0 aromatic carbocycles. The van der Waals surface area contributed by atoms with Gasteiger partial charge in [0.15, 0.2) is 0 Å². The minimum atomic E-state index is -0.0453. The molecule has 0 aliphatic carbocycles. The predicted molar refractivity (Wildman–Crippen MR) is 83.8 cm³/mol. The van der Waals surface area contributed by atoms with Crippen molar-refractivity contribution >= 4 is 11.6 Å². The van der Waals surface area contributed by atoms with E-state index >= 15 is 0 Å². The molecule has 1 aromatic rings. The fourth-order valence-electron chi connectivity index (χ4n) is 2.43. The van der Waals surface area contributed by atoms with E-state index in [4.69, 9.17) is 5.73 Å². The van der Waals surface area contributed by atoms with Crippen molar-refractivity contribution in [3.05, 3.63) is 18.0 Å². The van der Waals surface area contributed by atoms with Gasteiger partial charge in [0.1, 0.15) is 5.69 Å². The molecule has 5 heteroatoms. The van der Waals surface area contributed by atoms with E-state index in [1.54, 1.807) is 12.3 Å². The van der Waals surface area contributed by atoms with Crippen molar-refractivity contribution in [2.45, 2.75) is 39.8 Å². The van der Waals surface area contributed by atoms with E-state index in [9.17, 15) is 4.79 Å². The molecule has 1 atom stereocenters. The third-order valence-corrected chi connectivity index (χ3v) is 3.17. The van der Waals surface area contributed by atoms with E-state index in [0.29, 0.717) is 17.3 Å². The number of rotatable bonds is 7. The van der Waals surface area contributed by atoms with Crippen LogP contribution in [0.3, 0.4) is 0 Å². The summed E-state index contributed by atoms with van der Waals surface area (Å²) in [6.07, 6.45) is 2.77. The van der Waals surface area contributed by atoms with Crippen molar-refractivity contribution < 1.29 is 4.79 Å². The second-order valence-electron chi connectivity index (χ2n) is 6.01. The number of carbonyl (C=O) groups is 1. The molecule has 1 aromatic heterocycles. The van der Waals surface area contributed by atoms with Gasteiger partial charge in [0.05, 0.1) is 5.69 Å². The van der Waals surface area contributed by atoms with Crippen molar-refractivity contribution in [1.82, 2.24) is 14.8 Å². The monoisotopic (exact) mass is 280 g/mol. The normalized spacial score (nSPS) is 12.9. The summed E-state index contributed by atoms with van der Waals surface area (Å²) in [6.45, 7) is 7.92. The molecule has 0 spiro atoms. The Bertz CT molecular complexity index is 427. The number of aryl methyl sites for hydroxylation is 1. The average molecular weight is 280 g/mol. The van der Waals surface area contributed by atoms with E-state index in [2.05, 4.69) is 24.1 Å². The van der Waals surface area contributed by atoms with Gasteiger partial charge in [-0.2, -0.15) is 0 Å². The number of nitrogens with one attached hydrogen (secondary N) is 1. The zero-order valence-electron chi connectivity index (χ0n) is 13.3. The fraction of sp³-hybridized carbons (Fsp3) is 0.667. The summed E-state index contributed by atoms with van der Waals surface area (Å²) in [6, 6.07) is 1.89. The van der Waals surface area contributed by atoms with E-state index in [-0.39, 0.29) is 11.9 Å². The van der Waals surface area contributed by atoms with Crippen LogP contribution in [0.4, 0.5) is 5.69 Å². The van der Waals surface area contributed by atoms with Gasteiger partial charge in [-0.1, -0.05) is 13.8 Å². The Morgan fingerprint density at radius 3 is 2.60 bits per heavy atom. The highest BCUT2D eigenvalue weighted by Gasteiger charge is 2.18. The van der Waals surface area contributed by atoms with Crippen molar-refractivity contribution in [2.24, 2.45) is 5.92 Å². The smallest absolute Gasteiger partial charge is 0.268 e. The SMILES string of the molecule is CCn1cc(N)cc1C(=O)NC(CC(C)C)CN(C)C. The van der Waals surface area contributed by atoms with E-state index in [0.717, 1.165) is 19.5 Å². The van der Waals surface area contributed by atoms with Gasteiger partial charge in [-0.05, 0) is 39.4 Å². The summed E-state index contributed by atoms with van der Waals surface area (Å²) >= 11 is 0. The van der Waals surface area contributed by atoms with Crippen molar-refractivity contribution in [3.63, 3.8) is 0 Å². The summed E-state index contributed by atoms with van der Waals surface area (Å²) < 4.78 is 1.88. The maximum absolute atomic E-state index is 12.4. The van der Waals surface area contributed by atoms with Crippen LogP contribution < -0.4 is 11.1 Å². The van der Waals surface area contributed by atoms with Crippen LogP contribution in [-0.2, 0) is 6.54 Å². The van der Waals surface area contributed by atoms with Gasteiger partial charge in [-0.15, -0.1) is 0 Å². The van der Waals surface area contributed by atoms with Crippen LogP contribution in [0.5, 0.6) is 0 Å². The highest BCUT2D eigenvalue weighted by Crippen LogP contribution is 2.12.